The van der Waals surface area contributed by atoms with Gasteiger partial charge in [0, 0.05) is 0 Å². The number of fused-ring (bicyclic) bond motifs is 1. The molecule has 8 nitrogen and oxygen atoms in total. The summed E-state index contributed by atoms with van der Waals surface area (Å²) in [5, 5.41) is 11.7. The molecule has 3 amide bonds. The Morgan fingerprint density at radius 1 is 0.971 bits per heavy atom. The molecule has 8 heteroatoms. The molecule has 3 aromatic rings. The predicted octanol–water partition coefficient (Wildman–Crippen LogP) is 4.16. The molecule has 1 unspecified atom stereocenters. The van der Waals surface area contributed by atoms with Crippen molar-refractivity contribution in [2.24, 2.45) is 0 Å². The van der Waals surface area contributed by atoms with E-state index in [0.717, 1.165) is 16.0 Å². The Balaban J connectivity index is 1.52. The van der Waals surface area contributed by atoms with Crippen LogP contribution in [0.15, 0.2) is 60.7 Å². The smallest absolute Gasteiger partial charge is 0.338 e. The zero-order valence-electron chi connectivity index (χ0n) is 19.3. The number of imide groups is 1. The van der Waals surface area contributed by atoms with E-state index in [1.54, 1.807) is 30.3 Å². The van der Waals surface area contributed by atoms with E-state index < -0.39 is 29.8 Å². The van der Waals surface area contributed by atoms with Crippen molar-refractivity contribution in [3.05, 3.63) is 94.0 Å². The molecular weight excluding hydrogens is 446 g/mol. The number of hydrogen-bond acceptors (Lipinski definition) is 6. The number of hydrogen-bond donors (Lipinski definition) is 1. The van der Waals surface area contributed by atoms with Crippen molar-refractivity contribution in [2.45, 2.75) is 26.9 Å². The Labute approximate surface area is 201 Å². The maximum Gasteiger partial charge on any atom is 0.338 e. The molecular formula is C27H21N3O5. The second kappa shape index (κ2) is 9.23. The van der Waals surface area contributed by atoms with E-state index in [9.17, 15) is 19.2 Å². The molecule has 0 aliphatic carbocycles. The lowest BCUT2D eigenvalue weighted by atomic mass is 10.1. The quantitative estimate of drug-likeness (QED) is 0.445. The Kier molecular flexibility index (Phi) is 6.17. The number of ether oxygens (including phenoxy) is 1. The summed E-state index contributed by atoms with van der Waals surface area (Å²) in [5.74, 6) is -2.45. The van der Waals surface area contributed by atoms with E-state index in [1.165, 1.54) is 25.1 Å². The molecule has 0 saturated carbocycles. The number of esters is 1. The summed E-state index contributed by atoms with van der Waals surface area (Å²) < 4.78 is 5.27. The summed E-state index contributed by atoms with van der Waals surface area (Å²) in [6, 6.07) is 18.0. The van der Waals surface area contributed by atoms with Crippen molar-refractivity contribution in [3.8, 4) is 6.07 Å². The van der Waals surface area contributed by atoms with Crippen LogP contribution in [-0.2, 0) is 9.53 Å². The Hall–Kier alpha value is -4.77. The Bertz CT molecular complexity index is 1440. The van der Waals surface area contributed by atoms with Gasteiger partial charge in [0.25, 0.3) is 17.7 Å². The maximum absolute atomic E-state index is 13.1. The molecule has 0 bridgehead atoms. The minimum Gasteiger partial charge on any atom is -0.449 e. The van der Waals surface area contributed by atoms with Gasteiger partial charge in [0.15, 0.2) is 6.10 Å². The van der Waals surface area contributed by atoms with Gasteiger partial charge < -0.3 is 10.1 Å². The number of para-hydroxylation sites is 1. The van der Waals surface area contributed by atoms with Crippen molar-refractivity contribution in [1.82, 2.24) is 0 Å². The minimum absolute atomic E-state index is 0.0322. The van der Waals surface area contributed by atoms with Crippen LogP contribution in [0, 0.1) is 25.2 Å². The first-order valence-corrected chi connectivity index (χ1v) is 10.8. The third-order valence-electron chi connectivity index (χ3n) is 5.69. The number of amides is 3. The van der Waals surface area contributed by atoms with Crippen molar-refractivity contribution in [2.75, 3.05) is 10.2 Å². The third kappa shape index (κ3) is 4.39. The van der Waals surface area contributed by atoms with Crippen molar-refractivity contribution < 1.29 is 23.9 Å². The van der Waals surface area contributed by atoms with E-state index >= 15 is 0 Å². The van der Waals surface area contributed by atoms with Gasteiger partial charge in [-0.1, -0.05) is 24.3 Å². The number of carbonyl (C=O) groups is 4. The highest BCUT2D eigenvalue weighted by atomic mass is 16.5. The summed E-state index contributed by atoms with van der Waals surface area (Å²) in [7, 11) is 0. The first kappa shape index (κ1) is 23.4. The summed E-state index contributed by atoms with van der Waals surface area (Å²) in [4.78, 5) is 52.4. The monoisotopic (exact) mass is 467 g/mol. The van der Waals surface area contributed by atoms with E-state index in [2.05, 4.69) is 5.32 Å². The molecule has 1 N–H and O–H groups in total. The van der Waals surface area contributed by atoms with Crippen LogP contribution >= 0.6 is 0 Å². The molecule has 0 saturated heterocycles. The molecule has 1 aliphatic heterocycles. The van der Waals surface area contributed by atoms with Crippen molar-refractivity contribution >= 4 is 35.1 Å². The molecule has 174 valence electrons. The van der Waals surface area contributed by atoms with Crippen LogP contribution in [0.25, 0.3) is 0 Å². The van der Waals surface area contributed by atoms with E-state index in [0.29, 0.717) is 11.4 Å². The summed E-state index contributed by atoms with van der Waals surface area (Å²) in [6.45, 7) is 5.07. The fourth-order valence-electron chi connectivity index (χ4n) is 3.75. The number of benzene rings is 3. The van der Waals surface area contributed by atoms with Crippen molar-refractivity contribution in [1.29, 1.82) is 5.26 Å². The first-order valence-electron chi connectivity index (χ1n) is 10.8. The van der Waals surface area contributed by atoms with Crippen molar-refractivity contribution in [3.63, 3.8) is 0 Å². The van der Waals surface area contributed by atoms with Gasteiger partial charge in [-0.15, -0.1) is 0 Å². The van der Waals surface area contributed by atoms with Gasteiger partial charge >= 0.3 is 5.97 Å². The van der Waals surface area contributed by atoms with Crippen LogP contribution in [0.2, 0.25) is 0 Å². The molecule has 1 atom stereocenters. The first-order chi connectivity index (χ1) is 16.7. The van der Waals surface area contributed by atoms with E-state index in [1.807, 2.05) is 32.0 Å². The summed E-state index contributed by atoms with van der Waals surface area (Å²) in [5.41, 5.74) is 3.04. The van der Waals surface area contributed by atoms with Crippen LogP contribution in [0.3, 0.4) is 0 Å². The SMILES string of the molecule is Cc1ccc(C)c(N2C(=O)c3ccc(C(=O)OC(C)C(=O)Nc4ccccc4C#N)cc3C2=O)c1. The van der Waals surface area contributed by atoms with Gasteiger partial charge in [-0.3, -0.25) is 14.4 Å². The molecule has 0 spiro atoms. The zero-order chi connectivity index (χ0) is 25.3. The number of carbonyl (C=O) groups excluding carboxylic acids is 4. The van der Waals surface area contributed by atoms with E-state index in [-0.39, 0.29) is 22.3 Å². The summed E-state index contributed by atoms with van der Waals surface area (Å²) in [6.07, 6.45) is -1.17. The second-order valence-electron chi connectivity index (χ2n) is 8.19. The summed E-state index contributed by atoms with van der Waals surface area (Å²) >= 11 is 0. The minimum atomic E-state index is -1.17. The van der Waals surface area contributed by atoms with Crippen LogP contribution < -0.4 is 10.2 Å². The van der Waals surface area contributed by atoms with Gasteiger partial charge in [0.2, 0.25) is 0 Å². The third-order valence-corrected chi connectivity index (χ3v) is 5.69. The normalized spacial score (nSPS) is 13.1. The van der Waals surface area contributed by atoms with Gasteiger partial charge in [0.1, 0.15) is 6.07 Å². The lowest BCUT2D eigenvalue weighted by Crippen LogP contribution is -2.30. The van der Waals surface area contributed by atoms with Crippen LogP contribution in [-0.4, -0.2) is 29.8 Å². The highest BCUT2D eigenvalue weighted by Gasteiger charge is 2.38. The molecule has 0 aromatic heterocycles. The number of nitrogens with one attached hydrogen (secondary N) is 1. The van der Waals surface area contributed by atoms with Crippen LogP contribution in [0.4, 0.5) is 11.4 Å². The standard InChI is InChI=1S/C27H21N3O5/c1-15-8-9-16(2)23(12-15)30-25(32)20-11-10-18(13-21(20)26(30)33)27(34)35-17(3)24(31)29-22-7-5-4-6-19(22)14-28/h4-13,17H,1-3H3,(H,29,31). The maximum atomic E-state index is 13.1. The average Bonchev–Trinajstić information content (AvgIpc) is 3.10. The topological polar surface area (TPSA) is 117 Å². The fraction of sp³-hybridized carbons (Fsp3) is 0.148. The number of rotatable bonds is 5. The Morgan fingerprint density at radius 3 is 2.43 bits per heavy atom. The van der Waals surface area contributed by atoms with Gasteiger partial charge in [-0.25, -0.2) is 9.69 Å². The molecule has 1 heterocycles. The van der Waals surface area contributed by atoms with E-state index in [4.69, 9.17) is 10.00 Å². The Morgan fingerprint density at radius 2 is 1.69 bits per heavy atom. The molecule has 0 fully saturated rings. The average molecular weight is 467 g/mol. The molecule has 4 rings (SSSR count). The lowest BCUT2D eigenvalue weighted by molar-refractivity contribution is -0.123. The van der Waals surface area contributed by atoms with Gasteiger partial charge in [0.05, 0.1) is 33.6 Å². The number of aryl methyl sites for hydroxylation is 2. The molecule has 1 aliphatic rings. The van der Waals surface area contributed by atoms with Gasteiger partial charge in [-0.05, 0) is 68.3 Å². The second-order valence-corrected chi connectivity index (χ2v) is 8.19. The molecule has 0 radical (unpaired) electrons. The fourth-order valence-corrected chi connectivity index (χ4v) is 3.75. The van der Waals surface area contributed by atoms with Crippen LogP contribution in [0.5, 0.6) is 0 Å². The predicted molar refractivity (Wildman–Crippen MR) is 128 cm³/mol. The highest BCUT2D eigenvalue weighted by Crippen LogP contribution is 2.32. The number of anilines is 2. The zero-order valence-corrected chi connectivity index (χ0v) is 19.3. The highest BCUT2D eigenvalue weighted by molar-refractivity contribution is 6.35. The lowest BCUT2D eigenvalue weighted by Gasteiger charge is -2.17. The van der Waals surface area contributed by atoms with Crippen LogP contribution in [0.1, 0.15) is 54.7 Å². The largest absolute Gasteiger partial charge is 0.449 e. The van der Waals surface area contributed by atoms with Gasteiger partial charge in [-0.2, -0.15) is 5.26 Å². The number of nitriles is 1. The molecule has 3 aromatic carbocycles. The molecule has 35 heavy (non-hydrogen) atoms. The number of nitrogens with zero attached hydrogens (tertiary/aromatic N) is 2.